The van der Waals surface area contributed by atoms with Gasteiger partial charge in [0.15, 0.2) is 0 Å². The molecule has 1 aromatic heterocycles. The Kier molecular flexibility index (Phi) is 5.59. The summed E-state index contributed by atoms with van der Waals surface area (Å²) in [4.78, 5) is 5.44. The molecule has 138 valence electrons. The minimum atomic E-state index is -1.03. The second-order valence-corrected chi connectivity index (χ2v) is 9.23. The summed E-state index contributed by atoms with van der Waals surface area (Å²) in [5, 5.41) is 10.9. The van der Waals surface area contributed by atoms with Crippen molar-refractivity contribution < 1.29 is 5.11 Å². The number of anilines is 1. The lowest BCUT2D eigenvalue weighted by Gasteiger charge is -2.45. The molecule has 2 atom stereocenters. The van der Waals surface area contributed by atoms with Crippen LogP contribution in [0.3, 0.4) is 0 Å². The smallest absolute Gasteiger partial charge is 0.125 e. The molecule has 0 aliphatic carbocycles. The van der Waals surface area contributed by atoms with Gasteiger partial charge in [0.25, 0.3) is 0 Å². The van der Waals surface area contributed by atoms with Crippen LogP contribution >= 0.6 is 35.0 Å². The van der Waals surface area contributed by atoms with Crippen LogP contribution in [0.15, 0.2) is 70.5 Å². The van der Waals surface area contributed by atoms with Crippen molar-refractivity contribution in [1.29, 1.82) is 0 Å². The Bertz CT molecular complexity index is 800. The molecule has 0 fully saturated rings. The topological polar surface area (TPSA) is 36.4 Å². The van der Waals surface area contributed by atoms with Gasteiger partial charge in [0, 0.05) is 23.0 Å². The van der Waals surface area contributed by atoms with E-state index in [4.69, 9.17) is 23.2 Å². The molecule has 1 N–H and O–H groups in total. The van der Waals surface area contributed by atoms with E-state index in [0.717, 1.165) is 16.2 Å². The zero-order valence-corrected chi connectivity index (χ0v) is 17.3. The second-order valence-electron chi connectivity index (χ2n) is 6.76. The number of aliphatic hydroxyl groups excluding tert-OH is 1. The Labute approximate surface area is 169 Å². The SMILES string of the molecule is CC(C)C1=C(Cl)N(c2ccncc2)C(C)(Sc2ccccc2)C1(Cl)CO. The number of aromatic nitrogens is 1. The highest BCUT2D eigenvalue weighted by atomic mass is 35.5. The number of pyridine rings is 1. The highest BCUT2D eigenvalue weighted by molar-refractivity contribution is 8.01. The molecule has 1 aliphatic heterocycles. The molecular weight excluding hydrogens is 387 g/mol. The van der Waals surface area contributed by atoms with E-state index in [2.05, 4.69) is 4.98 Å². The largest absolute Gasteiger partial charge is 0.394 e. The van der Waals surface area contributed by atoms with Crippen LogP contribution in [0.25, 0.3) is 0 Å². The number of hydrogen-bond donors (Lipinski definition) is 1. The summed E-state index contributed by atoms with van der Waals surface area (Å²) >= 11 is 15.6. The van der Waals surface area contributed by atoms with E-state index in [1.165, 1.54) is 0 Å². The van der Waals surface area contributed by atoms with E-state index in [1.54, 1.807) is 24.2 Å². The number of halogens is 2. The average Bonchev–Trinajstić information content (AvgIpc) is 2.80. The molecule has 0 bridgehead atoms. The molecule has 0 radical (unpaired) electrons. The molecule has 0 spiro atoms. The van der Waals surface area contributed by atoms with E-state index >= 15 is 0 Å². The van der Waals surface area contributed by atoms with E-state index in [1.807, 2.05) is 68.1 Å². The molecule has 2 aromatic rings. The third-order valence-electron chi connectivity index (χ3n) is 4.78. The molecule has 0 amide bonds. The number of benzene rings is 1. The van der Waals surface area contributed by atoms with Gasteiger partial charge < -0.3 is 10.0 Å². The Hall–Kier alpha value is -1.20. The lowest BCUT2D eigenvalue weighted by molar-refractivity contribution is 0.238. The maximum atomic E-state index is 10.4. The summed E-state index contributed by atoms with van der Waals surface area (Å²) in [6, 6.07) is 13.9. The summed E-state index contributed by atoms with van der Waals surface area (Å²) < 4.78 is 0. The number of alkyl halides is 1. The quantitative estimate of drug-likeness (QED) is 0.524. The van der Waals surface area contributed by atoms with Crippen molar-refractivity contribution in [2.24, 2.45) is 5.92 Å². The molecule has 26 heavy (non-hydrogen) atoms. The van der Waals surface area contributed by atoms with Crippen LogP contribution < -0.4 is 4.90 Å². The van der Waals surface area contributed by atoms with Crippen molar-refractivity contribution >= 4 is 40.7 Å². The maximum absolute atomic E-state index is 10.4. The molecular formula is C20H22Cl2N2OS. The number of thioether (sulfide) groups is 1. The number of nitrogens with zero attached hydrogens (tertiary/aromatic N) is 2. The van der Waals surface area contributed by atoms with Gasteiger partial charge in [0.2, 0.25) is 0 Å². The standard InChI is InChI=1S/C20H22Cl2N2OS/c1-14(2)17-18(21)24(15-9-11-23-12-10-15)19(3,20(17,22)13-25)26-16-7-5-4-6-8-16/h4-12,14,25H,13H2,1-3H3. The summed E-state index contributed by atoms with van der Waals surface area (Å²) in [6.07, 6.45) is 3.46. The van der Waals surface area contributed by atoms with Gasteiger partial charge in [-0.05, 0) is 42.7 Å². The van der Waals surface area contributed by atoms with Crippen LogP contribution in [-0.4, -0.2) is 26.4 Å². The number of rotatable bonds is 5. The van der Waals surface area contributed by atoms with Crippen molar-refractivity contribution in [3.05, 3.63) is 65.6 Å². The van der Waals surface area contributed by atoms with Crippen molar-refractivity contribution in [2.45, 2.75) is 35.4 Å². The highest BCUT2D eigenvalue weighted by Crippen LogP contribution is 2.60. The van der Waals surface area contributed by atoms with Crippen LogP contribution in [0.5, 0.6) is 0 Å². The highest BCUT2D eigenvalue weighted by Gasteiger charge is 2.61. The van der Waals surface area contributed by atoms with Crippen molar-refractivity contribution in [1.82, 2.24) is 4.98 Å². The van der Waals surface area contributed by atoms with Gasteiger partial charge in [-0.25, -0.2) is 0 Å². The predicted molar refractivity (Wildman–Crippen MR) is 111 cm³/mol. The summed E-state index contributed by atoms with van der Waals surface area (Å²) in [5.74, 6) is 0.0923. The monoisotopic (exact) mass is 408 g/mol. The molecule has 2 unspecified atom stereocenters. The minimum Gasteiger partial charge on any atom is -0.394 e. The number of aliphatic hydroxyl groups is 1. The summed E-state index contributed by atoms with van der Waals surface area (Å²) in [7, 11) is 0. The zero-order chi connectivity index (χ0) is 18.9. The molecule has 1 aromatic carbocycles. The minimum absolute atomic E-state index is 0.0923. The van der Waals surface area contributed by atoms with Crippen molar-refractivity contribution in [3.63, 3.8) is 0 Å². The second kappa shape index (κ2) is 7.43. The van der Waals surface area contributed by atoms with Gasteiger partial charge >= 0.3 is 0 Å². The summed E-state index contributed by atoms with van der Waals surface area (Å²) in [5.41, 5.74) is 1.75. The van der Waals surface area contributed by atoms with Gasteiger partial charge in [-0.3, -0.25) is 4.98 Å². The van der Waals surface area contributed by atoms with E-state index in [0.29, 0.717) is 5.16 Å². The van der Waals surface area contributed by atoms with Gasteiger partial charge in [0.1, 0.15) is 14.9 Å². The fourth-order valence-corrected chi connectivity index (χ4v) is 6.15. The van der Waals surface area contributed by atoms with Gasteiger partial charge in [-0.15, -0.1) is 11.6 Å². The molecule has 6 heteroatoms. The predicted octanol–water partition coefficient (Wildman–Crippen LogP) is 5.49. The Morgan fingerprint density at radius 2 is 1.77 bits per heavy atom. The van der Waals surface area contributed by atoms with E-state index < -0.39 is 9.75 Å². The van der Waals surface area contributed by atoms with Crippen LogP contribution in [-0.2, 0) is 0 Å². The number of hydrogen-bond acceptors (Lipinski definition) is 4. The van der Waals surface area contributed by atoms with Gasteiger partial charge in [0.05, 0.1) is 6.61 Å². The molecule has 3 rings (SSSR count). The van der Waals surface area contributed by atoms with Gasteiger partial charge in [-0.1, -0.05) is 55.4 Å². The first-order valence-corrected chi connectivity index (χ1v) is 10.1. The van der Waals surface area contributed by atoms with Crippen LogP contribution in [0.2, 0.25) is 0 Å². The maximum Gasteiger partial charge on any atom is 0.125 e. The Balaban J connectivity index is 2.20. The molecule has 2 heterocycles. The van der Waals surface area contributed by atoms with Crippen LogP contribution in [0.1, 0.15) is 20.8 Å². The Morgan fingerprint density at radius 1 is 1.15 bits per heavy atom. The van der Waals surface area contributed by atoms with E-state index in [9.17, 15) is 5.11 Å². The zero-order valence-electron chi connectivity index (χ0n) is 15.0. The van der Waals surface area contributed by atoms with Crippen LogP contribution in [0, 0.1) is 5.92 Å². The third kappa shape index (κ3) is 3.03. The first-order valence-electron chi connectivity index (χ1n) is 8.49. The molecule has 3 nitrogen and oxygen atoms in total. The molecule has 0 saturated heterocycles. The first kappa shape index (κ1) is 19.6. The molecule has 0 saturated carbocycles. The average molecular weight is 409 g/mol. The fraction of sp³-hybridized carbons (Fsp3) is 0.350. The third-order valence-corrected chi connectivity index (χ3v) is 7.40. The van der Waals surface area contributed by atoms with Crippen LogP contribution in [0.4, 0.5) is 5.69 Å². The fourth-order valence-electron chi connectivity index (χ4n) is 3.52. The summed E-state index contributed by atoms with van der Waals surface area (Å²) in [6.45, 7) is 5.92. The van der Waals surface area contributed by atoms with Crippen molar-refractivity contribution in [3.8, 4) is 0 Å². The lowest BCUT2D eigenvalue weighted by Crippen LogP contribution is -2.54. The van der Waals surface area contributed by atoms with Crippen molar-refractivity contribution in [2.75, 3.05) is 11.5 Å². The normalized spacial score (nSPS) is 26.0. The Morgan fingerprint density at radius 3 is 2.31 bits per heavy atom. The molecule has 1 aliphatic rings. The lowest BCUT2D eigenvalue weighted by atomic mass is 9.87. The van der Waals surface area contributed by atoms with E-state index in [-0.39, 0.29) is 12.5 Å². The van der Waals surface area contributed by atoms with Gasteiger partial charge in [-0.2, -0.15) is 0 Å². The first-order chi connectivity index (χ1) is 12.3.